The van der Waals surface area contributed by atoms with Gasteiger partial charge in [-0.2, -0.15) is 0 Å². The fourth-order valence-corrected chi connectivity index (χ4v) is 4.71. The highest BCUT2D eigenvalue weighted by Gasteiger charge is 2.27. The average Bonchev–Trinajstić information content (AvgIpc) is 2.80. The average molecular weight is 442 g/mol. The van der Waals surface area contributed by atoms with Crippen molar-refractivity contribution < 1.29 is 9.59 Å². The zero-order valence-electron chi connectivity index (χ0n) is 17.3. The fourth-order valence-electron chi connectivity index (χ4n) is 3.36. The lowest BCUT2D eigenvalue weighted by molar-refractivity contribution is -0.129. The normalized spacial score (nSPS) is 14.3. The molecule has 1 saturated heterocycles. The van der Waals surface area contributed by atoms with Gasteiger partial charge < -0.3 is 10.2 Å². The maximum Gasteiger partial charge on any atom is 0.272 e. The summed E-state index contributed by atoms with van der Waals surface area (Å²) < 4.78 is 0.816. The maximum absolute atomic E-state index is 13.3. The molecule has 5 nitrogen and oxygen atoms in total. The molecule has 1 fully saturated rings. The van der Waals surface area contributed by atoms with Gasteiger partial charge in [-0.25, -0.2) is 0 Å². The summed E-state index contributed by atoms with van der Waals surface area (Å²) in [6.07, 6.45) is 3.84. The fraction of sp³-hybridized carbons (Fsp3) is 0.304. The summed E-state index contributed by atoms with van der Waals surface area (Å²) >= 11 is 2.96. The summed E-state index contributed by atoms with van der Waals surface area (Å²) in [5.41, 5.74) is 2.19. The Morgan fingerprint density at radius 2 is 1.43 bits per heavy atom. The highest BCUT2D eigenvalue weighted by molar-refractivity contribution is 8.21. The monoisotopic (exact) mass is 441 g/mol. The molecule has 3 rings (SSSR count). The molecule has 0 unspecified atom stereocenters. The van der Waals surface area contributed by atoms with Crippen molar-refractivity contribution in [2.75, 3.05) is 38.7 Å². The summed E-state index contributed by atoms with van der Waals surface area (Å²) in [4.78, 5) is 30.2. The van der Waals surface area contributed by atoms with E-state index in [2.05, 4.69) is 22.3 Å². The van der Waals surface area contributed by atoms with Crippen LogP contribution in [0.15, 0.2) is 70.6 Å². The summed E-state index contributed by atoms with van der Waals surface area (Å²) in [7, 11) is 0. The number of hydrogen-bond acceptors (Lipinski definition) is 5. The van der Waals surface area contributed by atoms with E-state index < -0.39 is 0 Å². The first-order valence-corrected chi connectivity index (χ1v) is 12.3. The number of hydrogen-bond donors (Lipinski definition) is 1. The Bertz CT molecular complexity index is 874. The molecule has 1 aliphatic heterocycles. The van der Waals surface area contributed by atoms with E-state index in [0.29, 0.717) is 24.4 Å². The minimum atomic E-state index is -0.262. The summed E-state index contributed by atoms with van der Waals surface area (Å²) in [6.45, 7) is 3.80. The van der Waals surface area contributed by atoms with Gasteiger partial charge >= 0.3 is 0 Å². The lowest BCUT2D eigenvalue weighted by Gasteiger charge is -2.35. The van der Waals surface area contributed by atoms with Gasteiger partial charge in [-0.3, -0.25) is 14.5 Å². The Balaban J connectivity index is 1.67. The van der Waals surface area contributed by atoms with E-state index in [1.165, 1.54) is 29.1 Å². The van der Waals surface area contributed by atoms with Crippen molar-refractivity contribution in [2.24, 2.45) is 0 Å². The van der Waals surface area contributed by atoms with Gasteiger partial charge in [0.25, 0.3) is 11.8 Å². The molecule has 1 aliphatic rings. The zero-order valence-corrected chi connectivity index (χ0v) is 19.0. The quantitative estimate of drug-likeness (QED) is 0.665. The van der Waals surface area contributed by atoms with E-state index >= 15 is 0 Å². The molecule has 1 N–H and O–H groups in total. The molecule has 0 aliphatic carbocycles. The van der Waals surface area contributed by atoms with Gasteiger partial charge in [0, 0.05) is 38.3 Å². The van der Waals surface area contributed by atoms with Crippen LogP contribution in [0.1, 0.15) is 15.9 Å². The molecule has 2 amide bonds. The van der Waals surface area contributed by atoms with Crippen molar-refractivity contribution in [1.29, 1.82) is 0 Å². The third-order valence-electron chi connectivity index (χ3n) is 4.97. The van der Waals surface area contributed by atoms with Gasteiger partial charge in [-0.05, 0) is 30.2 Å². The highest BCUT2D eigenvalue weighted by Crippen LogP contribution is 2.28. The van der Waals surface area contributed by atoms with Crippen LogP contribution in [0.2, 0.25) is 0 Å². The first kappa shape index (κ1) is 22.5. The highest BCUT2D eigenvalue weighted by atomic mass is 32.2. The zero-order chi connectivity index (χ0) is 21.3. The van der Waals surface area contributed by atoms with E-state index in [0.717, 1.165) is 23.9 Å². The van der Waals surface area contributed by atoms with Crippen LogP contribution in [0, 0.1) is 0 Å². The van der Waals surface area contributed by atoms with E-state index in [1.54, 1.807) is 12.1 Å². The lowest BCUT2D eigenvalue weighted by Crippen LogP contribution is -2.50. The number of piperazine rings is 1. The molecule has 0 atom stereocenters. The Hall–Kier alpha value is -2.22. The van der Waals surface area contributed by atoms with Crippen molar-refractivity contribution in [3.8, 4) is 0 Å². The molecule has 0 spiro atoms. The molecule has 158 valence electrons. The van der Waals surface area contributed by atoms with Gasteiger partial charge in [0.05, 0.1) is 4.24 Å². The van der Waals surface area contributed by atoms with E-state index in [9.17, 15) is 9.59 Å². The Kier molecular flexibility index (Phi) is 8.42. The Morgan fingerprint density at radius 3 is 2.00 bits per heavy atom. The Morgan fingerprint density at radius 1 is 0.867 bits per heavy atom. The predicted octanol–water partition coefficient (Wildman–Crippen LogP) is 3.66. The molecule has 1 heterocycles. The first-order chi connectivity index (χ1) is 14.6. The van der Waals surface area contributed by atoms with Crippen LogP contribution in [-0.2, 0) is 11.3 Å². The van der Waals surface area contributed by atoms with Crippen molar-refractivity contribution in [1.82, 2.24) is 15.1 Å². The molecule has 0 bridgehead atoms. The van der Waals surface area contributed by atoms with Crippen LogP contribution in [0.3, 0.4) is 0 Å². The lowest BCUT2D eigenvalue weighted by atomic mass is 10.2. The van der Waals surface area contributed by atoms with Crippen molar-refractivity contribution >= 4 is 35.3 Å². The van der Waals surface area contributed by atoms with Gasteiger partial charge in [0.1, 0.15) is 5.70 Å². The van der Waals surface area contributed by atoms with Gasteiger partial charge in [0.2, 0.25) is 0 Å². The number of amides is 2. The molecular formula is C23H27N3O2S2. The maximum atomic E-state index is 13.3. The standard InChI is InChI=1S/C23H27N3O2S2/c1-29-23(30-2)20(24-21(27)19-11-7-4-8-12-19)22(28)26-15-13-25(14-16-26)17-18-9-5-3-6-10-18/h3-12H,13-17H2,1-2H3,(H,24,27). The van der Waals surface area contributed by atoms with E-state index in [-0.39, 0.29) is 11.8 Å². The van der Waals surface area contributed by atoms with E-state index in [4.69, 9.17) is 0 Å². The number of carbonyl (C=O) groups excluding carboxylic acids is 2. The van der Waals surface area contributed by atoms with Crippen LogP contribution < -0.4 is 5.32 Å². The predicted molar refractivity (Wildman–Crippen MR) is 126 cm³/mol. The van der Waals surface area contributed by atoms with Crippen LogP contribution >= 0.6 is 23.5 Å². The van der Waals surface area contributed by atoms with Crippen LogP contribution in [0.4, 0.5) is 0 Å². The number of rotatable bonds is 7. The summed E-state index contributed by atoms with van der Waals surface area (Å²) in [5.74, 6) is -0.375. The van der Waals surface area contributed by atoms with Crippen LogP contribution in [0.25, 0.3) is 0 Å². The number of benzene rings is 2. The molecular weight excluding hydrogens is 414 g/mol. The number of thioether (sulfide) groups is 2. The summed E-state index contributed by atoms with van der Waals surface area (Å²) in [6, 6.07) is 19.4. The molecule has 7 heteroatoms. The largest absolute Gasteiger partial charge is 0.335 e. The molecule has 0 aromatic heterocycles. The second-order valence-electron chi connectivity index (χ2n) is 6.94. The van der Waals surface area contributed by atoms with Gasteiger partial charge in [0.15, 0.2) is 0 Å². The number of nitrogens with one attached hydrogen (secondary N) is 1. The molecule has 0 saturated carbocycles. The van der Waals surface area contributed by atoms with Crippen LogP contribution in [-0.4, -0.2) is 60.3 Å². The van der Waals surface area contributed by atoms with Crippen molar-refractivity contribution in [3.05, 3.63) is 81.7 Å². The molecule has 0 radical (unpaired) electrons. The SMILES string of the molecule is CSC(SC)=C(NC(=O)c1ccccc1)C(=O)N1CCN(Cc2ccccc2)CC1. The second-order valence-corrected chi connectivity index (χ2v) is 8.84. The Labute approximate surface area is 186 Å². The molecule has 30 heavy (non-hydrogen) atoms. The third kappa shape index (κ3) is 5.90. The minimum Gasteiger partial charge on any atom is -0.335 e. The topological polar surface area (TPSA) is 52.7 Å². The van der Waals surface area contributed by atoms with Crippen molar-refractivity contribution in [3.63, 3.8) is 0 Å². The van der Waals surface area contributed by atoms with Gasteiger partial charge in [-0.1, -0.05) is 48.5 Å². The second kappa shape index (κ2) is 11.2. The van der Waals surface area contributed by atoms with Gasteiger partial charge in [-0.15, -0.1) is 23.5 Å². The minimum absolute atomic E-state index is 0.114. The number of nitrogens with zero attached hydrogens (tertiary/aromatic N) is 2. The molecule has 2 aromatic carbocycles. The number of carbonyl (C=O) groups is 2. The van der Waals surface area contributed by atoms with Crippen molar-refractivity contribution in [2.45, 2.75) is 6.54 Å². The van der Waals surface area contributed by atoms with Crippen LogP contribution in [0.5, 0.6) is 0 Å². The molecule has 2 aromatic rings. The first-order valence-electron chi connectivity index (χ1n) is 9.86. The summed E-state index contributed by atoms with van der Waals surface area (Å²) in [5, 5.41) is 2.88. The van der Waals surface area contributed by atoms with E-state index in [1.807, 2.05) is 53.8 Å². The smallest absolute Gasteiger partial charge is 0.272 e. The third-order valence-corrected chi connectivity index (χ3v) is 7.12.